The van der Waals surface area contributed by atoms with Crippen molar-refractivity contribution in [2.45, 2.75) is 65.5 Å². The van der Waals surface area contributed by atoms with E-state index in [1.165, 1.54) is 11.3 Å². The molecule has 3 aromatic rings. The largest absolute Gasteiger partial charge is 0.444 e. The third-order valence-electron chi connectivity index (χ3n) is 6.27. The van der Waals surface area contributed by atoms with Crippen molar-refractivity contribution in [3.05, 3.63) is 52.8 Å². The van der Waals surface area contributed by atoms with E-state index in [9.17, 15) is 9.59 Å². The van der Waals surface area contributed by atoms with Gasteiger partial charge < -0.3 is 15.0 Å². The van der Waals surface area contributed by atoms with Crippen molar-refractivity contribution in [2.75, 3.05) is 18.4 Å². The van der Waals surface area contributed by atoms with E-state index in [-0.39, 0.29) is 6.03 Å². The van der Waals surface area contributed by atoms with Crippen molar-refractivity contribution < 1.29 is 14.3 Å². The van der Waals surface area contributed by atoms with Gasteiger partial charge in [0.15, 0.2) is 5.13 Å². The number of likely N-dealkylation sites (tertiary alicyclic amines) is 1. The average molecular weight is 556 g/mol. The van der Waals surface area contributed by atoms with E-state index in [0.717, 1.165) is 33.0 Å². The number of aryl methyl sites for hydroxylation is 2. The summed E-state index contributed by atoms with van der Waals surface area (Å²) in [6.45, 7) is 12.4. The number of thiazole rings is 1. The molecule has 10 heteroatoms. The van der Waals surface area contributed by atoms with Crippen LogP contribution in [0.1, 0.15) is 51.8 Å². The highest BCUT2D eigenvalue weighted by Gasteiger charge is 2.35. The molecule has 0 aliphatic carbocycles. The molecule has 1 aliphatic rings. The molecule has 3 amide bonds. The number of pyridine rings is 1. The van der Waals surface area contributed by atoms with Crippen molar-refractivity contribution in [2.24, 2.45) is 0 Å². The van der Waals surface area contributed by atoms with Gasteiger partial charge in [0.1, 0.15) is 10.8 Å². The lowest BCUT2D eigenvalue weighted by Crippen LogP contribution is -2.55. The zero-order valence-corrected chi connectivity index (χ0v) is 24.2. The van der Waals surface area contributed by atoms with E-state index in [1.807, 2.05) is 71.9 Å². The summed E-state index contributed by atoms with van der Waals surface area (Å²) in [4.78, 5) is 37.2. The first kappa shape index (κ1) is 27.9. The van der Waals surface area contributed by atoms with Crippen LogP contribution in [0.25, 0.3) is 21.7 Å². The molecule has 0 bridgehead atoms. The summed E-state index contributed by atoms with van der Waals surface area (Å²) < 4.78 is 5.41. The van der Waals surface area contributed by atoms with Crippen molar-refractivity contribution in [3.63, 3.8) is 0 Å². The van der Waals surface area contributed by atoms with Gasteiger partial charge in [-0.1, -0.05) is 46.7 Å². The van der Waals surface area contributed by atoms with Crippen LogP contribution >= 0.6 is 22.9 Å². The molecule has 38 heavy (non-hydrogen) atoms. The van der Waals surface area contributed by atoms with Gasteiger partial charge in [-0.2, -0.15) is 0 Å². The molecule has 1 aromatic carbocycles. The molecule has 3 heterocycles. The third-order valence-corrected chi connectivity index (χ3v) is 7.49. The van der Waals surface area contributed by atoms with Gasteiger partial charge in [0.05, 0.1) is 10.6 Å². The van der Waals surface area contributed by atoms with Gasteiger partial charge in [0.2, 0.25) is 0 Å². The monoisotopic (exact) mass is 555 g/mol. The molecule has 0 spiro atoms. The summed E-state index contributed by atoms with van der Waals surface area (Å²) in [5, 5.41) is 6.88. The number of carbonyl (C=O) groups excluding carboxylic acids is 2. The van der Waals surface area contributed by atoms with Crippen LogP contribution in [0.5, 0.6) is 0 Å². The molecule has 0 atom stereocenters. The molecule has 2 aromatic heterocycles. The van der Waals surface area contributed by atoms with Gasteiger partial charge in [0, 0.05) is 29.9 Å². The smallest absolute Gasteiger partial charge is 0.408 e. The van der Waals surface area contributed by atoms with Crippen LogP contribution in [-0.2, 0) is 4.74 Å². The van der Waals surface area contributed by atoms with Crippen molar-refractivity contribution in [3.8, 4) is 21.7 Å². The standard InChI is InChI=1S/C28H34ClN5O3S/c1-17-8-7-9-19(14-17)22-23(20-15-18(2)30-21(29)16-20)38-24(31-22)32-25(35)34-12-10-28(6,11-13-34)33-26(36)37-27(3,4)5/h7-9,14-16H,10-13H2,1-6H3,(H,33,36)(H,31,32,35). The Balaban J connectivity index is 1.50. The number of hydrogen-bond donors (Lipinski definition) is 2. The first-order valence-electron chi connectivity index (χ1n) is 12.6. The van der Waals surface area contributed by atoms with E-state index in [4.69, 9.17) is 21.3 Å². The number of nitrogens with one attached hydrogen (secondary N) is 2. The van der Waals surface area contributed by atoms with E-state index in [2.05, 4.69) is 21.7 Å². The van der Waals surface area contributed by atoms with E-state index >= 15 is 0 Å². The Hall–Kier alpha value is -3.17. The first-order chi connectivity index (χ1) is 17.8. The number of nitrogens with zero attached hydrogens (tertiary/aromatic N) is 3. The number of rotatable bonds is 4. The lowest BCUT2D eigenvalue weighted by molar-refractivity contribution is 0.0422. The quantitative estimate of drug-likeness (QED) is 0.336. The number of benzene rings is 1. The molecule has 4 rings (SSSR count). The van der Waals surface area contributed by atoms with E-state index in [1.54, 1.807) is 4.90 Å². The second-order valence-electron chi connectivity index (χ2n) is 11.0. The number of carbonyl (C=O) groups is 2. The summed E-state index contributed by atoms with van der Waals surface area (Å²) in [5.74, 6) is 0. The minimum absolute atomic E-state index is 0.218. The minimum Gasteiger partial charge on any atom is -0.444 e. The molecule has 8 nitrogen and oxygen atoms in total. The number of amides is 3. The first-order valence-corrected chi connectivity index (χ1v) is 13.8. The van der Waals surface area contributed by atoms with Crippen LogP contribution in [0.4, 0.5) is 14.7 Å². The van der Waals surface area contributed by atoms with Gasteiger partial charge in [0.25, 0.3) is 0 Å². The fourth-order valence-electron chi connectivity index (χ4n) is 4.37. The second-order valence-corrected chi connectivity index (χ2v) is 12.4. The summed E-state index contributed by atoms with van der Waals surface area (Å²) in [6, 6.07) is 11.7. The Labute approximate surface area is 232 Å². The highest BCUT2D eigenvalue weighted by Crippen LogP contribution is 2.40. The fraction of sp³-hybridized carbons (Fsp3) is 0.429. The number of piperidine rings is 1. The van der Waals surface area contributed by atoms with Gasteiger partial charge in [-0.3, -0.25) is 5.32 Å². The van der Waals surface area contributed by atoms with Crippen LogP contribution in [-0.4, -0.2) is 51.2 Å². The number of alkyl carbamates (subject to hydrolysis) is 1. The molecule has 1 aliphatic heterocycles. The van der Waals surface area contributed by atoms with Crippen molar-refractivity contribution >= 4 is 40.2 Å². The van der Waals surface area contributed by atoms with Crippen LogP contribution in [0.3, 0.4) is 0 Å². The summed E-state index contributed by atoms with van der Waals surface area (Å²) >= 11 is 7.67. The molecule has 0 unspecified atom stereocenters. The normalized spacial score (nSPS) is 15.2. The zero-order chi connectivity index (χ0) is 27.7. The maximum absolute atomic E-state index is 13.2. The highest BCUT2D eigenvalue weighted by molar-refractivity contribution is 7.19. The fourth-order valence-corrected chi connectivity index (χ4v) is 5.58. The van der Waals surface area contributed by atoms with Gasteiger partial charge >= 0.3 is 12.1 Å². The summed E-state index contributed by atoms with van der Waals surface area (Å²) in [7, 11) is 0. The Kier molecular flexibility index (Phi) is 7.99. The molecule has 2 N–H and O–H groups in total. The number of hydrogen-bond acceptors (Lipinski definition) is 6. The summed E-state index contributed by atoms with van der Waals surface area (Å²) in [5.41, 5.74) is 3.56. The number of urea groups is 1. The maximum atomic E-state index is 13.2. The lowest BCUT2D eigenvalue weighted by atomic mass is 9.90. The maximum Gasteiger partial charge on any atom is 0.408 e. The van der Waals surface area contributed by atoms with Crippen molar-refractivity contribution in [1.82, 2.24) is 20.2 Å². The number of ether oxygens (including phenoxy) is 1. The minimum atomic E-state index is -0.564. The van der Waals surface area contributed by atoms with Crippen LogP contribution in [0, 0.1) is 13.8 Å². The third kappa shape index (κ3) is 7.02. The molecule has 0 saturated carbocycles. The predicted octanol–water partition coefficient (Wildman–Crippen LogP) is 7.05. The van der Waals surface area contributed by atoms with Gasteiger partial charge in [-0.05, 0) is 78.1 Å². The molecular formula is C28H34ClN5O3S. The number of halogens is 1. The number of aromatic nitrogens is 2. The topological polar surface area (TPSA) is 96.5 Å². The zero-order valence-electron chi connectivity index (χ0n) is 22.6. The molecule has 1 saturated heterocycles. The Morgan fingerprint density at radius 2 is 1.79 bits per heavy atom. The molecule has 1 fully saturated rings. The van der Waals surface area contributed by atoms with E-state index < -0.39 is 17.2 Å². The average Bonchev–Trinajstić information content (AvgIpc) is 3.21. The Morgan fingerprint density at radius 3 is 2.42 bits per heavy atom. The summed E-state index contributed by atoms with van der Waals surface area (Å²) in [6.07, 6.45) is 0.793. The molecule has 202 valence electrons. The molecule has 0 radical (unpaired) electrons. The predicted molar refractivity (Wildman–Crippen MR) is 153 cm³/mol. The SMILES string of the molecule is Cc1cccc(-c2nc(NC(=O)N3CCC(C)(NC(=O)OC(C)(C)C)CC3)sc2-c2cc(C)nc(Cl)c2)c1. The lowest BCUT2D eigenvalue weighted by Gasteiger charge is -2.39. The second kappa shape index (κ2) is 10.9. The van der Waals surface area contributed by atoms with Gasteiger partial charge in [-0.25, -0.2) is 19.6 Å². The van der Waals surface area contributed by atoms with E-state index in [0.29, 0.717) is 36.2 Å². The Morgan fingerprint density at radius 1 is 1.08 bits per heavy atom. The number of anilines is 1. The molecular weight excluding hydrogens is 522 g/mol. The van der Waals surface area contributed by atoms with Crippen LogP contribution < -0.4 is 10.6 Å². The van der Waals surface area contributed by atoms with Crippen LogP contribution in [0.2, 0.25) is 5.15 Å². The Bertz CT molecular complexity index is 1320. The van der Waals surface area contributed by atoms with Gasteiger partial charge in [-0.15, -0.1) is 0 Å². The highest BCUT2D eigenvalue weighted by atomic mass is 35.5. The van der Waals surface area contributed by atoms with Crippen molar-refractivity contribution in [1.29, 1.82) is 0 Å². The van der Waals surface area contributed by atoms with Crippen LogP contribution in [0.15, 0.2) is 36.4 Å².